The summed E-state index contributed by atoms with van der Waals surface area (Å²) >= 11 is 1.45. The molecule has 0 unspecified atom stereocenters. The largest absolute Gasteiger partial charge is 0.379 e. The maximum Gasteiger partial charge on any atom is 0.258 e. The summed E-state index contributed by atoms with van der Waals surface area (Å²) in [6.45, 7) is 2.79. The normalized spacial score (nSPS) is 16.8. The molecule has 0 radical (unpaired) electrons. The van der Waals surface area contributed by atoms with E-state index in [9.17, 15) is 18.0 Å². The Morgan fingerprint density at radius 3 is 2.27 bits per heavy atom. The number of morpholine rings is 1. The molecule has 0 atom stereocenters. The van der Waals surface area contributed by atoms with Gasteiger partial charge < -0.3 is 20.3 Å². The van der Waals surface area contributed by atoms with Crippen LogP contribution in [0.5, 0.6) is 0 Å². The van der Waals surface area contributed by atoms with Gasteiger partial charge in [0.1, 0.15) is 5.00 Å². The lowest BCUT2D eigenvalue weighted by Gasteiger charge is -2.27. The van der Waals surface area contributed by atoms with E-state index < -0.39 is 15.9 Å². The van der Waals surface area contributed by atoms with Crippen molar-refractivity contribution in [3.05, 3.63) is 99.7 Å². The van der Waals surface area contributed by atoms with Crippen LogP contribution in [-0.2, 0) is 34.0 Å². The number of pyridine rings is 1. The maximum atomic E-state index is 14.2. The van der Waals surface area contributed by atoms with E-state index in [0.29, 0.717) is 35.2 Å². The molecule has 12 heteroatoms. The number of nitrogens with one attached hydrogen (secondary N) is 2. The quantitative estimate of drug-likeness (QED) is 0.231. The number of fused-ring (bicyclic) bond motifs is 1. The number of hydrogen-bond acceptors (Lipinski definition) is 8. The smallest absolute Gasteiger partial charge is 0.258 e. The standard InChI is InChI=1S/C36H39N5O5S2/c42-34(30-24-28(11-12-31(30)40-17-3-4-18-40)48(44,45)41-19-21-46-22-20-41)39-36-33(29-5-1-2-6-32(29)47-36)35(43)38-27-9-7-25(8-10-27)23-26-13-15-37-16-14-26/h7-16,24H,1-6,17-23H2,(H,38,43)(H,39,42). The Morgan fingerprint density at radius 2 is 1.52 bits per heavy atom. The summed E-state index contributed by atoms with van der Waals surface area (Å²) in [7, 11) is -3.82. The third-order valence-electron chi connectivity index (χ3n) is 9.26. The van der Waals surface area contributed by atoms with E-state index in [0.717, 1.165) is 79.6 Å². The minimum Gasteiger partial charge on any atom is -0.379 e. The molecule has 2 aromatic carbocycles. The lowest BCUT2D eigenvalue weighted by Crippen LogP contribution is -2.40. The molecule has 7 rings (SSSR count). The summed E-state index contributed by atoms with van der Waals surface area (Å²) in [5.41, 5.74) is 5.40. The Bertz CT molecular complexity index is 1900. The van der Waals surface area contributed by atoms with E-state index in [2.05, 4.69) is 20.5 Å². The Labute approximate surface area is 285 Å². The number of nitrogens with zero attached hydrogens (tertiary/aromatic N) is 3. The summed E-state index contributed by atoms with van der Waals surface area (Å²) in [4.78, 5) is 35.5. The van der Waals surface area contributed by atoms with Gasteiger partial charge in [0.25, 0.3) is 11.8 Å². The molecule has 10 nitrogen and oxygen atoms in total. The van der Waals surface area contributed by atoms with Crippen molar-refractivity contribution in [2.45, 2.75) is 49.8 Å². The van der Waals surface area contributed by atoms with Crippen LogP contribution < -0.4 is 15.5 Å². The molecule has 3 aliphatic rings. The van der Waals surface area contributed by atoms with E-state index in [1.165, 1.54) is 21.7 Å². The number of amides is 2. The lowest BCUT2D eigenvalue weighted by atomic mass is 9.95. The molecule has 1 aliphatic carbocycles. The molecule has 0 bridgehead atoms. The summed E-state index contributed by atoms with van der Waals surface area (Å²) in [5, 5.41) is 6.62. The minimum absolute atomic E-state index is 0.0771. The van der Waals surface area contributed by atoms with Gasteiger partial charge in [-0.25, -0.2) is 8.42 Å². The Kier molecular flexibility index (Phi) is 9.58. The molecule has 2 amide bonds. The van der Waals surface area contributed by atoms with Crippen molar-refractivity contribution < 1.29 is 22.7 Å². The summed E-state index contributed by atoms with van der Waals surface area (Å²) in [5.74, 6) is -0.695. The number of aryl methyl sites for hydroxylation is 1. The number of carbonyl (C=O) groups is 2. The number of anilines is 3. The second kappa shape index (κ2) is 14.2. The van der Waals surface area contributed by atoms with E-state index in [1.54, 1.807) is 24.5 Å². The first-order chi connectivity index (χ1) is 23.4. The highest BCUT2D eigenvalue weighted by atomic mass is 32.2. The zero-order valence-corrected chi connectivity index (χ0v) is 28.4. The van der Waals surface area contributed by atoms with Crippen molar-refractivity contribution in [3.8, 4) is 0 Å². The number of carbonyl (C=O) groups excluding carboxylic acids is 2. The number of benzene rings is 2. The van der Waals surface area contributed by atoms with Gasteiger partial charge in [-0.2, -0.15) is 4.31 Å². The van der Waals surface area contributed by atoms with Gasteiger partial charge in [0.15, 0.2) is 0 Å². The average molecular weight is 686 g/mol. The van der Waals surface area contributed by atoms with Crippen LogP contribution in [0.4, 0.5) is 16.4 Å². The SMILES string of the molecule is O=C(Nc1sc2c(c1C(=O)Nc1ccc(Cc3ccncc3)cc1)CCCC2)c1cc(S(=O)(=O)N2CCOCC2)ccc1N1CCCC1. The first-order valence-electron chi connectivity index (χ1n) is 16.6. The lowest BCUT2D eigenvalue weighted by molar-refractivity contribution is 0.0730. The number of rotatable bonds is 9. The minimum atomic E-state index is -3.82. The molecule has 2 fully saturated rings. The third kappa shape index (κ3) is 6.88. The highest BCUT2D eigenvalue weighted by molar-refractivity contribution is 7.89. The predicted octanol–water partition coefficient (Wildman–Crippen LogP) is 5.74. The second-order valence-electron chi connectivity index (χ2n) is 12.4. The predicted molar refractivity (Wildman–Crippen MR) is 188 cm³/mol. The molecular formula is C36H39N5O5S2. The molecule has 2 aromatic heterocycles. The third-order valence-corrected chi connectivity index (χ3v) is 12.4. The van der Waals surface area contributed by atoms with Gasteiger partial charge in [0.2, 0.25) is 10.0 Å². The fourth-order valence-corrected chi connectivity index (χ4v) is 9.44. The fourth-order valence-electron chi connectivity index (χ4n) is 6.73. The van der Waals surface area contributed by atoms with Crippen molar-refractivity contribution in [2.24, 2.45) is 0 Å². The van der Waals surface area contributed by atoms with Crippen molar-refractivity contribution in [1.82, 2.24) is 9.29 Å². The highest BCUT2D eigenvalue weighted by Gasteiger charge is 2.31. The molecule has 4 aromatic rings. The van der Waals surface area contributed by atoms with Gasteiger partial charge in [-0.3, -0.25) is 14.6 Å². The number of hydrogen-bond donors (Lipinski definition) is 2. The van der Waals surface area contributed by atoms with Crippen molar-refractivity contribution in [3.63, 3.8) is 0 Å². The number of sulfonamides is 1. The van der Waals surface area contributed by atoms with Crippen molar-refractivity contribution >= 4 is 49.6 Å². The summed E-state index contributed by atoms with van der Waals surface area (Å²) in [6.07, 6.45) is 9.94. The molecule has 0 spiro atoms. The monoisotopic (exact) mass is 685 g/mol. The van der Waals surface area contributed by atoms with E-state index in [4.69, 9.17) is 4.74 Å². The molecule has 2 saturated heterocycles. The van der Waals surface area contributed by atoms with Crippen molar-refractivity contribution in [2.75, 3.05) is 54.9 Å². The van der Waals surface area contributed by atoms with Crippen LogP contribution in [0.3, 0.4) is 0 Å². The molecule has 2 aliphatic heterocycles. The van der Waals surface area contributed by atoms with Crippen LogP contribution in [0.15, 0.2) is 71.9 Å². The number of aromatic nitrogens is 1. The fraction of sp³-hybridized carbons (Fsp3) is 0.361. The zero-order valence-electron chi connectivity index (χ0n) is 26.7. The first-order valence-corrected chi connectivity index (χ1v) is 18.8. The maximum absolute atomic E-state index is 14.2. The van der Waals surface area contributed by atoms with Crippen LogP contribution in [0.25, 0.3) is 0 Å². The molecule has 4 heterocycles. The van der Waals surface area contributed by atoms with Gasteiger partial charge in [-0.05, 0) is 104 Å². The van der Waals surface area contributed by atoms with Gasteiger partial charge in [-0.1, -0.05) is 12.1 Å². The molecule has 0 saturated carbocycles. The second-order valence-corrected chi connectivity index (χ2v) is 15.5. The highest BCUT2D eigenvalue weighted by Crippen LogP contribution is 2.39. The molecule has 250 valence electrons. The molecule has 2 N–H and O–H groups in total. The Morgan fingerprint density at radius 1 is 0.812 bits per heavy atom. The van der Waals surface area contributed by atoms with Crippen LogP contribution in [0.2, 0.25) is 0 Å². The van der Waals surface area contributed by atoms with Crippen LogP contribution in [0, 0.1) is 0 Å². The number of thiophene rings is 1. The van der Waals surface area contributed by atoms with E-state index in [-0.39, 0.29) is 29.5 Å². The zero-order chi connectivity index (χ0) is 33.1. The van der Waals surface area contributed by atoms with Gasteiger partial charge in [-0.15, -0.1) is 11.3 Å². The summed E-state index contributed by atoms with van der Waals surface area (Å²) < 4.78 is 33.9. The van der Waals surface area contributed by atoms with Crippen LogP contribution in [0.1, 0.15) is 68.0 Å². The van der Waals surface area contributed by atoms with Gasteiger partial charge in [0.05, 0.1) is 29.2 Å². The van der Waals surface area contributed by atoms with E-state index in [1.807, 2.05) is 36.4 Å². The molecular weight excluding hydrogens is 647 g/mol. The Balaban J connectivity index is 1.17. The van der Waals surface area contributed by atoms with E-state index >= 15 is 0 Å². The van der Waals surface area contributed by atoms with Crippen molar-refractivity contribution in [1.29, 1.82) is 0 Å². The number of ether oxygens (including phenoxy) is 1. The average Bonchev–Trinajstić information content (AvgIpc) is 3.78. The van der Waals surface area contributed by atoms with Crippen LogP contribution in [-0.4, -0.2) is 68.9 Å². The van der Waals surface area contributed by atoms with Gasteiger partial charge in [0, 0.05) is 54.8 Å². The Hall–Kier alpha value is -4.10. The summed E-state index contributed by atoms with van der Waals surface area (Å²) in [6, 6.07) is 16.6. The van der Waals surface area contributed by atoms with Crippen LogP contribution >= 0.6 is 11.3 Å². The van der Waals surface area contributed by atoms with Gasteiger partial charge >= 0.3 is 0 Å². The first kappa shape index (κ1) is 32.4. The topological polar surface area (TPSA) is 121 Å². The molecule has 48 heavy (non-hydrogen) atoms.